The molecule has 0 spiro atoms. The molecule has 2 atom stereocenters. The molecule has 0 bridgehead atoms. The number of rotatable bonds is 6. The van der Waals surface area contributed by atoms with Crippen LogP contribution >= 0.6 is 0 Å². The molecule has 1 rings (SSSR count). The molecule has 0 aliphatic heterocycles. The predicted octanol–water partition coefficient (Wildman–Crippen LogP) is 1.91. The highest BCUT2D eigenvalue weighted by molar-refractivity contribution is 5.83. The predicted molar refractivity (Wildman–Crippen MR) is 76.0 cm³/mol. The Morgan fingerprint density at radius 1 is 1.30 bits per heavy atom. The van der Waals surface area contributed by atoms with E-state index in [4.69, 9.17) is 6.42 Å². The Kier molecular flexibility index (Phi) is 6.11. The molecule has 5 heteroatoms. The van der Waals surface area contributed by atoms with E-state index in [1.54, 1.807) is 30.3 Å². The minimum absolute atomic E-state index is 0.398. The maximum atomic E-state index is 11.8. The van der Waals surface area contributed by atoms with E-state index in [-0.39, 0.29) is 0 Å². The summed E-state index contributed by atoms with van der Waals surface area (Å²) in [5.74, 6) is 1.33. The van der Waals surface area contributed by atoms with Crippen LogP contribution in [0.4, 0.5) is 4.79 Å². The number of nitrogens with one attached hydrogen (secondary N) is 2. The standard InChI is InChI=1S/C15H18N2O3/c1-3-8-12(4-2)16-15(20)17-13(14(18)19)11-9-6-5-7-10-11/h2,5-7,9-10,12-13H,3,8H2,1H3,(H,18,19)(H2,16,17,20)/t12?,13-/m0/s1. The van der Waals surface area contributed by atoms with Crippen molar-refractivity contribution in [3.63, 3.8) is 0 Å². The SMILES string of the molecule is C#CC(CCC)NC(=O)N[C@H](C(=O)O)c1ccccc1. The van der Waals surface area contributed by atoms with Gasteiger partial charge in [0.1, 0.15) is 0 Å². The van der Waals surface area contributed by atoms with Crippen LogP contribution in [0.1, 0.15) is 31.4 Å². The third kappa shape index (κ3) is 4.65. The van der Waals surface area contributed by atoms with Gasteiger partial charge in [-0.05, 0) is 12.0 Å². The zero-order chi connectivity index (χ0) is 15.0. The Labute approximate surface area is 118 Å². The fourth-order valence-corrected chi connectivity index (χ4v) is 1.75. The molecule has 0 fully saturated rings. The largest absolute Gasteiger partial charge is 0.479 e. The fraction of sp³-hybridized carbons (Fsp3) is 0.333. The molecule has 5 nitrogen and oxygen atoms in total. The summed E-state index contributed by atoms with van der Waals surface area (Å²) < 4.78 is 0. The molecule has 0 saturated heterocycles. The van der Waals surface area contributed by atoms with Gasteiger partial charge in [-0.25, -0.2) is 9.59 Å². The van der Waals surface area contributed by atoms with Crippen molar-refractivity contribution in [1.29, 1.82) is 0 Å². The Balaban J connectivity index is 2.70. The van der Waals surface area contributed by atoms with Crippen molar-refractivity contribution in [2.24, 2.45) is 0 Å². The van der Waals surface area contributed by atoms with Crippen LogP contribution in [0.2, 0.25) is 0 Å². The van der Waals surface area contributed by atoms with Crippen LogP contribution in [0.15, 0.2) is 30.3 Å². The van der Waals surface area contributed by atoms with E-state index in [2.05, 4.69) is 16.6 Å². The minimum atomic E-state index is -1.13. The number of hydrogen-bond acceptors (Lipinski definition) is 2. The Hall–Kier alpha value is -2.48. The maximum Gasteiger partial charge on any atom is 0.330 e. The van der Waals surface area contributed by atoms with Gasteiger partial charge in [-0.1, -0.05) is 49.6 Å². The topological polar surface area (TPSA) is 78.4 Å². The number of carbonyl (C=O) groups is 2. The molecule has 0 aliphatic rings. The van der Waals surface area contributed by atoms with Crippen LogP contribution < -0.4 is 10.6 Å². The summed E-state index contributed by atoms with van der Waals surface area (Å²) in [6.45, 7) is 1.95. The van der Waals surface area contributed by atoms with E-state index >= 15 is 0 Å². The van der Waals surface area contributed by atoms with Crippen LogP contribution in [0.25, 0.3) is 0 Å². The summed E-state index contributed by atoms with van der Waals surface area (Å²) in [7, 11) is 0. The third-order valence-corrected chi connectivity index (χ3v) is 2.74. The molecule has 1 unspecified atom stereocenters. The Morgan fingerprint density at radius 3 is 2.45 bits per heavy atom. The van der Waals surface area contributed by atoms with Crippen molar-refractivity contribution in [2.45, 2.75) is 31.8 Å². The van der Waals surface area contributed by atoms with Crippen LogP contribution in [-0.2, 0) is 4.79 Å². The van der Waals surface area contributed by atoms with Gasteiger partial charge >= 0.3 is 12.0 Å². The lowest BCUT2D eigenvalue weighted by Gasteiger charge is -2.18. The number of benzene rings is 1. The van der Waals surface area contributed by atoms with Crippen molar-refractivity contribution in [3.05, 3.63) is 35.9 Å². The smallest absolute Gasteiger partial charge is 0.330 e. The number of hydrogen-bond donors (Lipinski definition) is 3. The lowest BCUT2D eigenvalue weighted by molar-refractivity contribution is -0.139. The van der Waals surface area contributed by atoms with Crippen molar-refractivity contribution in [3.8, 4) is 12.3 Å². The Bertz CT molecular complexity index is 494. The van der Waals surface area contributed by atoms with Crippen LogP contribution in [0.3, 0.4) is 0 Å². The van der Waals surface area contributed by atoms with E-state index in [0.717, 1.165) is 6.42 Å². The van der Waals surface area contributed by atoms with Gasteiger partial charge in [0.25, 0.3) is 0 Å². The number of carboxylic acids is 1. The Morgan fingerprint density at radius 2 is 1.95 bits per heavy atom. The lowest BCUT2D eigenvalue weighted by atomic mass is 10.1. The summed E-state index contributed by atoms with van der Waals surface area (Å²) in [5, 5.41) is 14.2. The number of carbonyl (C=O) groups excluding carboxylic acids is 1. The molecule has 0 radical (unpaired) electrons. The number of amides is 2. The first kappa shape index (κ1) is 15.6. The van der Waals surface area contributed by atoms with Gasteiger partial charge in [-0.3, -0.25) is 0 Å². The second-order valence-corrected chi connectivity index (χ2v) is 4.31. The van der Waals surface area contributed by atoms with Gasteiger partial charge in [-0.15, -0.1) is 6.42 Å². The molecular formula is C15H18N2O3. The average Bonchev–Trinajstić information content (AvgIpc) is 2.45. The number of terminal acetylenes is 1. The molecule has 2 amide bonds. The minimum Gasteiger partial charge on any atom is -0.479 e. The highest BCUT2D eigenvalue weighted by Crippen LogP contribution is 2.12. The third-order valence-electron chi connectivity index (χ3n) is 2.74. The van der Waals surface area contributed by atoms with Crippen molar-refractivity contribution in [2.75, 3.05) is 0 Å². The van der Waals surface area contributed by atoms with Crippen LogP contribution in [-0.4, -0.2) is 23.1 Å². The molecule has 1 aromatic rings. The summed E-state index contributed by atoms with van der Waals surface area (Å²) in [6, 6.07) is 6.41. The second-order valence-electron chi connectivity index (χ2n) is 4.31. The van der Waals surface area contributed by atoms with E-state index in [1.165, 1.54) is 0 Å². The molecule has 1 aromatic carbocycles. The monoisotopic (exact) mass is 274 g/mol. The summed E-state index contributed by atoms with van der Waals surface area (Å²) in [5.41, 5.74) is 0.503. The molecule has 20 heavy (non-hydrogen) atoms. The maximum absolute atomic E-state index is 11.8. The van der Waals surface area contributed by atoms with E-state index < -0.39 is 24.1 Å². The number of aliphatic carboxylic acids is 1. The summed E-state index contributed by atoms with van der Waals surface area (Å²) in [4.78, 5) is 23.0. The van der Waals surface area contributed by atoms with Crippen molar-refractivity contribution >= 4 is 12.0 Å². The van der Waals surface area contributed by atoms with Crippen molar-refractivity contribution in [1.82, 2.24) is 10.6 Å². The highest BCUT2D eigenvalue weighted by Gasteiger charge is 2.22. The summed E-state index contributed by atoms with van der Waals surface area (Å²) in [6.07, 6.45) is 6.78. The van der Waals surface area contributed by atoms with Gasteiger partial charge in [0, 0.05) is 0 Å². The van der Waals surface area contributed by atoms with Gasteiger partial charge in [0.2, 0.25) is 0 Å². The van der Waals surface area contributed by atoms with E-state index in [9.17, 15) is 14.7 Å². The molecule has 3 N–H and O–H groups in total. The molecule has 106 valence electrons. The van der Waals surface area contributed by atoms with Gasteiger partial charge in [-0.2, -0.15) is 0 Å². The zero-order valence-corrected chi connectivity index (χ0v) is 11.3. The molecule has 0 heterocycles. The van der Waals surface area contributed by atoms with Gasteiger partial charge in [0.15, 0.2) is 6.04 Å². The summed E-state index contributed by atoms with van der Waals surface area (Å²) >= 11 is 0. The van der Waals surface area contributed by atoms with Gasteiger partial charge < -0.3 is 15.7 Å². The van der Waals surface area contributed by atoms with Crippen LogP contribution in [0, 0.1) is 12.3 Å². The van der Waals surface area contributed by atoms with E-state index in [0.29, 0.717) is 12.0 Å². The highest BCUT2D eigenvalue weighted by atomic mass is 16.4. The van der Waals surface area contributed by atoms with Gasteiger partial charge in [0.05, 0.1) is 6.04 Å². The molecular weight excluding hydrogens is 256 g/mol. The molecule has 0 saturated carbocycles. The fourth-order valence-electron chi connectivity index (χ4n) is 1.75. The number of carboxylic acid groups (broad SMARTS) is 1. The zero-order valence-electron chi connectivity index (χ0n) is 11.3. The second kappa shape index (κ2) is 7.85. The first-order valence-electron chi connectivity index (χ1n) is 6.39. The molecule has 0 aromatic heterocycles. The number of urea groups is 1. The quantitative estimate of drug-likeness (QED) is 0.693. The lowest BCUT2D eigenvalue weighted by Crippen LogP contribution is -2.44. The molecule has 0 aliphatic carbocycles. The first-order valence-corrected chi connectivity index (χ1v) is 6.39. The van der Waals surface area contributed by atoms with Crippen molar-refractivity contribution < 1.29 is 14.7 Å². The average molecular weight is 274 g/mol. The first-order chi connectivity index (χ1) is 9.58. The van der Waals surface area contributed by atoms with Crippen LogP contribution in [0.5, 0.6) is 0 Å². The normalized spacial score (nSPS) is 12.8. The van der Waals surface area contributed by atoms with E-state index in [1.807, 2.05) is 6.92 Å².